The summed E-state index contributed by atoms with van der Waals surface area (Å²) in [6.45, 7) is 7.90. The van der Waals surface area contributed by atoms with E-state index in [0.717, 1.165) is 0 Å². The molecule has 0 radical (unpaired) electrons. The summed E-state index contributed by atoms with van der Waals surface area (Å²) in [7, 11) is 0. The van der Waals surface area contributed by atoms with Crippen LogP contribution in [0, 0.1) is 0 Å². The Labute approximate surface area is 96.1 Å². The molecule has 1 N–H and O–H groups in total. The number of carbonyl (C=O) groups is 1. The van der Waals surface area contributed by atoms with E-state index in [-0.39, 0.29) is 18.2 Å². The van der Waals surface area contributed by atoms with Crippen molar-refractivity contribution in [3.05, 3.63) is 0 Å². The maximum absolute atomic E-state index is 12.5. The number of amides is 1. The van der Waals surface area contributed by atoms with Crippen LogP contribution in [0.25, 0.3) is 0 Å². The quantitative estimate of drug-likeness (QED) is 0.746. The highest BCUT2D eigenvalue weighted by Gasteiger charge is 2.31. The molecule has 0 aromatic carbocycles. The van der Waals surface area contributed by atoms with Gasteiger partial charge in [-0.3, -0.25) is 0 Å². The zero-order valence-electron chi connectivity index (χ0n) is 10.4. The first-order valence-corrected chi connectivity index (χ1v) is 5.62. The van der Waals surface area contributed by atoms with Crippen molar-refractivity contribution in [2.24, 2.45) is 0 Å². The van der Waals surface area contributed by atoms with E-state index in [4.69, 9.17) is 4.74 Å². The van der Waals surface area contributed by atoms with Crippen LogP contribution >= 0.6 is 0 Å². The van der Waals surface area contributed by atoms with Gasteiger partial charge in [0.15, 0.2) is 0 Å². The van der Waals surface area contributed by atoms with Gasteiger partial charge in [-0.05, 0) is 27.7 Å². The summed E-state index contributed by atoms with van der Waals surface area (Å²) in [5, 5.41) is 3.04. The standard InChI is InChI=1S/C11H21FN2O2/c1-8-6-13-9(5-12)7-14(8)10(15)16-11(2,3)4/h8-9,13H,5-7H2,1-4H3/t8?,9-/m0/s1. The van der Waals surface area contributed by atoms with Crippen molar-refractivity contribution in [1.29, 1.82) is 0 Å². The Morgan fingerprint density at radius 2 is 2.19 bits per heavy atom. The molecule has 1 saturated heterocycles. The molecule has 0 saturated carbocycles. The van der Waals surface area contributed by atoms with Crippen LogP contribution in [-0.2, 0) is 4.74 Å². The molecule has 0 aromatic rings. The molecule has 1 unspecified atom stereocenters. The van der Waals surface area contributed by atoms with E-state index in [1.807, 2.05) is 27.7 Å². The number of nitrogens with one attached hydrogen (secondary N) is 1. The topological polar surface area (TPSA) is 41.6 Å². The number of piperazine rings is 1. The van der Waals surface area contributed by atoms with Crippen LogP contribution in [0.15, 0.2) is 0 Å². The van der Waals surface area contributed by atoms with Crippen LogP contribution in [0.4, 0.5) is 9.18 Å². The van der Waals surface area contributed by atoms with E-state index in [1.54, 1.807) is 4.90 Å². The molecule has 0 spiro atoms. The monoisotopic (exact) mass is 232 g/mol. The van der Waals surface area contributed by atoms with Crippen molar-refractivity contribution in [2.45, 2.75) is 45.4 Å². The zero-order valence-corrected chi connectivity index (χ0v) is 10.4. The predicted molar refractivity (Wildman–Crippen MR) is 60.2 cm³/mol. The van der Waals surface area contributed by atoms with Gasteiger partial charge in [-0.2, -0.15) is 0 Å². The SMILES string of the molecule is CC1CN[C@@H](CF)CN1C(=O)OC(C)(C)C. The van der Waals surface area contributed by atoms with Gasteiger partial charge in [-0.1, -0.05) is 0 Å². The fourth-order valence-electron chi connectivity index (χ4n) is 1.61. The highest BCUT2D eigenvalue weighted by atomic mass is 19.1. The Bertz CT molecular complexity index is 253. The van der Waals surface area contributed by atoms with Gasteiger partial charge in [0.1, 0.15) is 12.3 Å². The predicted octanol–water partition coefficient (Wildman–Crippen LogP) is 1.55. The minimum absolute atomic E-state index is 0.0395. The van der Waals surface area contributed by atoms with Gasteiger partial charge in [0.05, 0.1) is 6.04 Å². The van der Waals surface area contributed by atoms with E-state index >= 15 is 0 Å². The fourth-order valence-corrected chi connectivity index (χ4v) is 1.61. The molecule has 0 bridgehead atoms. The summed E-state index contributed by atoms with van der Waals surface area (Å²) < 4.78 is 17.8. The number of nitrogens with zero attached hydrogens (tertiary/aromatic N) is 1. The number of rotatable bonds is 1. The summed E-state index contributed by atoms with van der Waals surface area (Å²) in [5.74, 6) is 0. The first-order valence-electron chi connectivity index (χ1n) is 5.62. The van der Waals surface area contributed by atoms with Crippen LogP contribution < -0.4 is 5.32 Å². The lowest BCUT2D eigenvalue weighted by molar-refractivity contribution is 0.00865. The third-order valence-corrected chi connectivity index (χ3v) is 2.47. The summed E-state index contributed by atoms with van der Waals surface area (Å²) in [6.07, 6.45) is -0.361. The molecule has 0 aromatic heterocycles. The number of halogens is 1. The van der Waals surface area contributed by atoms with Crippen molar-refractivity contribution >= 4 is 6.09 Å². The number of hydrogen-bond donors (Lipinski definition) is 1. The maximum atomic E-state index is 12.5. The average molecular weight is 232 g/mol. The molecule has 1 aliphatic rings. The Balaban J connectivity index is 2.59. The van der Waals surface area contributed by atoms with Gasteiger partial charge in [0, 0.05) is 19.1 Å². The third-order valence-electron chi connectivity index (χ3n) is 2.47. The van der Waals surface area contributed by atoms with Crippen molar-refractivity contribution < 1.29 is 13.9 Å². The zero-order chi connectivity index (χ0) is 12.3. The highest BCUT2D eigenvalue weighted by Crippen LogP contribution is 2.14. The molecule has 16 heavy (non-hydrogen) atoms. The molecule has 1 amide bonds. The Kier molecular flexibility index (Phi) is 4.13. The third kappa shape index (κ3) is 3.63. The summed E-state index contributed by atoms with van der Waals surface area (Å²) >= 11 is 0. The van der Waals surface area contributed by atoms with Gasteiger partial charge < -0.3 is 15.0 Å². The van der Waals surface area contributed by atoms with Crippen LogP contribution in [0.5, 0.6) is 0 Å². The molecule has 5 heteroatoms. The molecule has 94 valence electrons. The lowest BCUT2D eigenvalue weighted by Crippen LogP contribution is -2.58. The second-order valence-electron chi connectivity index (χ2n) is 5.24. The Morgan fingerprint density at radius 1 is 1.56 bits per heavy atom. The summed E-state index contributed by atoms with van der Waals surface area (Å²) in [4.78, 5) is 13.4. The molecule has 4 nitrogen and oxygen atoms in total. The highest BCUT2D eigenvalue weighted by molar-refractivity contribution is 5.68. The van der Waals surface area contributed by atoms with Crippen LogP contribution in [0.2, 0.25) is 0 Å². The number of carbonyl (C=O) groups excluding carboxylic acids is 1. The first-order chi connectivity index (χ1) is 7.33. The second-order valence-corrected chi connectivity index (χ2v) is 5.24. The first kappa shape index (κ1) is 13.2. The smallest absolute Gasteiger partial charge is 0.410 e. The molecule has 1 fully saturated rings. The van der Waals surface area contributed by atoms with E-state index in [9.17, 15) is 9.18 Å². The second kappa shape index (κ2) is 4.99. The Morgan fingerprint density at radius 3 is 2.69 bits per heavy atom. The summed E-state index contributed by atoms with van der Waals surface area (Å²) in [5.41, 5.74) is -0.507. The largest absolute Gasteiger partial charge is 0.444 e. The van der Waals surface area contributed by atoms with Crippen molar-refractivity contribution in [2.75, 3.05) is 19.8 Å². The number of ether oxygens (including phenoxy) is 1. The molecule has 1 aliphatic heterocycles. The van der Waals surface area contributed by atoms with E-state index in [0.29, 0.717) is 13.1 Å². The maximum Gasteiger partial charge on any atom is 0.410 e. The van der Waals surface area contributed by atoms with Crippen molar-refractivity contribution in [3.63, 3.8) is 0 Å². The average Bonchev–Trinajstić information content (AvgIpc) is 2.15. The lowest BCUT2D eigenvalue weighted by Gasteiger charge is -2.38. The van der Waals surface area contributed by atoms with Gasteiger partial charge in [-0.15, -0.1) is 0 Å². The Hall–Kier alpha value is -0.840. The van der Waals surface area contributed by atoms with Gasteiger partial charge in [-0.25, -0.2) is 9.18 Å². The normalized spacial score (nSPS) is 26.7. The molecule has 2 atom stereocenters. The molecular weight excluding hydrogens is 211 g/mol. The van der Waals surface area contributed by atoms with Crippen LogP contribution in [0.3, 0.4) is 0 Å². The fraction of sp³-hybridized carbons (Fsp3) is 0.909. The van der Waals surface area contributed by atoms with E-state index < -0.39 is 12.3 Å². The van der Waals surface area contributed by atoms with Crippen LogP contribution in [0.1, 0.15) is 27.7 Å². The summed E-state index contributed by atoms with van der Waals surface area (Å²) in [6, 6.07) is -0.235. The van der Waals surface area contributed by atoms with Gasteiger partial charge in [0.25, 0.3) is 0 Å². The molecule has 1 heterocycles. The van der Waals surface area contributed by atoms with Crippen LogP contribution in [-0.4, -0.2) is 48.4 Å². The van der Waals surface area contributed by atoms with Gasteiger partial charge in [0.2, 0.25) is 0 Å². The van der Waals surface area contributed by atoms with Crippen molar-refractivity contribution in [3.8, 4) is 0 Å². The molecular formula is C11H21FN2O2. The minimum atomic E-state index is -0.507. The molecule has 1 rings (SSSR count). The lowest BCUT2D eigenvalue weighted by atomic mass is 10.1. The number of hydrogen-bond acceptors (Lipinski definition) is 3. The van der Waals surface area contributed by atoms with E-state index in [2.05, 4.69) is 5.32 Å². The minimum Gasteiger partial charge on any atom is -0.444 e. The van der Waals surface area contributed by atoms with E-state index in [1.165, 1.54) is 0 Å². The number of alkyl halides is 1. The molecule has 0 aliphatic carbocycles. The van der Waals surface area contributed by atoms with Crippen molar-refractivity contribution in [1.82, 2.24) is 10.2 Å². The van der Waals surface area contributed by atoms with Gasteiger partial charge >= 0.3 is 6.09 Å².